The van der Waals surface area contributed by atoms with Crippen molar-refractivity contribution in [3.8, 4) is 5.69 Å². The summed E-state index contributed by atoms with van der Waals surface area (Å²) >= 11 is 0. The highest BCUT2D eigenvalue weighted by molar-refractivity contribution is 5.92. The van der Waals surface area contributed by atoms with Crippen LogP contribution >= 0.6 is 0 Å². The van der Waals surface area contributed by atoms with Crippen LogP contribution in [0.5, 0.6) is 0 Å². The molecule has 1 unspecified atom stereocenters. The number of nitrogens with one attached hydrogen (secondary N) is 1. The van der Waals surface area contributed by atoms with Crippen molar-refractivity contribution >= 4 is 5.91 Å². The van der Waals surface area contributed by atoms with Gasteiger partial charge in [-0.05, 0) is 51.1 Å². The average Bonchev–Trinajstić information content (AvgIpc) is 3.28. The Labute approximate surface area is 135 Å². The first kappa shape index (κ1) is 15.7. The number of rotatable bonds is 6. The summed E-state index contributed by atoms with van der Waals surface area (Å²) in [7, 11) is 2.09. The summed E-state index contributed by atoms with van der Waals surface area (Å²) in [6.07, 6.45) is 4.14. The molecule has 0 bridgehead atoms. The van der Waals surface area contributed by atoms with Crippen LogP contribution in [0, 0.1) is 5.82 Å². The molecule has 122 valence electrons. The number of halogens is 1. The van der Waals surface area contributed by atoms with Gasteiger partial charge >= 0.3 is 0 Å². The normalized spacial score (nSPS) is 15.7. The molecule has 0 saturated heterocycles. The zero-order valence-corrected chi connectivity index (χ0v) is 13.4. The van der Waals surface area contributed by atoms with E-state index in [0.29, 0.717) is 24.0 Å². The lowest BCUT2D eigenvalue weighted by Crippen LogP contribution is -2.41. The summed E-state index contributed by atoms with van der Waals surface area (Å²) in [4.78, 5) is 14.5. The highest BCUT2D eigenvalue weighted by Gasteiger charge is 2.29. The molecule has 1 aliphatic rings. The topological polar surface area (TPSA) is 50.2 Å². The van der Waals surface area contributed by atoms with Gasteiger partial charge in [0.1, 0.15) is 5.82 Å². The van der Waals surface area contributed by atoms with E-state index in [1.165, 1.54) is 29.7 Å². The van der Waals surface area contributed by atoms with Gasteiger partial charge in [-0.25, -0.2) is 9.07 Å². The molecule has 1 aromatic carbocycles. The molecule has 5 nitrogen and oxygen atoms in total. The van der Waals surface area contributed by atoms with E-state index in [2.05, 4.69) is 29.3 Å². The largest absolute Gasteiger partial charge is 0.349 e. The van der Waals surface area contributed by atoms with Crippen LogP contribution in [-0.2, 0) is 0 Å². The maximum atomic E-state index is 13.2. The summed E-state index contributed by atoms with van der Waals surface area (Å²) in [5.74, 6) is -0.544. The molecule has 6 heteroatoms. The van der Waals surface area contributed by atoms with Gasteiger partial charge in [0.2, 0.25) is 0 Å². The van der Waals surface area contributed by atoms with Crippen LogP contribution in [0.25, 0.3) is 5.69 Å². The SMILES string of the molecule is CC(CNC(=O)c1ccn(-c2cccc(F)c2)n1)N(C)C1CC1. The molecule has 1 saturated carbocycles. The van der Waals surface area contributed by atoms with Gasteiger partial charge in [-0.1, -0.05) is 6.07 Å². The molecule has 1 aliphatic carbocycles. The monoisotopic (exact) mass is 316 g/mol. The van der Waals surface area contributed by atoms with E-state index in [1.807, 2.05) is 0 Å². The number of likely N-dealkylation sites (N-methyl/N-ethyl adjacent to an activating group) is 1. The maximum Gasteiger partial charge on any atom is 0.271 e. The molecular weight excluding hydrogens is 295 g/mol. The lowest BCUT2D eigenvalue weighted by Gasteiger charge is -2.24. The van der Waals surface area contributed by atoms with Crippen LogP contribution in [0.3, 0.4) is 0 Å². The molecule has 2 aromatic rings. The fourth-order valence-corrected chi connectivity index (χ4v) is 2.52. The summed E-state index contributed by atoms with van der Waals surface area (Å²) in [6, 6.07) is 8.69. The second-order valence-corrected chi connectivity index (χ2v) is 6.08. The first-order valence-corrected chi connectivity index (χ1v) is 7.86. The van der Waals surface area contributed by atoms with E-state index in [1.54, 1.807) is 24.4 Å². The fourth-order valence-electron chi connectivity index (χ4n) is 2.52. The van der Waals surface area contributed by atoms with Crippen LogP contribution in [0.4, 0.5) is 4.39 Å². The van der Waals surface area contributed by atoms with Crippen molar-refractivity contribution in [2.75, 3.05) is 13.6 Å². The van der Waals surface area contributed by atoms with Crippen LogP contribution in [0.2, 0.25) is 0 Å². The Morgan fingerprint density at radius 3 is 2.96 bits per heavy atom. The average molecular weight is 316 g/mol. The first-order valence-electron chi connectivity index (χ1n) is 7.86. The van der Waals surface area contributed by atoms with E-state index in [0.717, 1.165) is 0 Å². The third-order valence-corrected chi connectivity index (χ3v) is 4.27. The van der Waals surface area contributed by atoms with E-state index >= 15 is 0 Å². The predicted octanol–water partition coefficient (Wildman–Crippen LogP) is 2.22. The minimum atomic E-state index is -0.332. The second kappa shape index (κ2) is 6.50. The summed E-state index contributed by atoms with van der Waals surface area (Å²) in [5.41, 5.74) is 0.918. The molecule has 0 aliphatic heterocycles. The van der Waals surface area contributed by atoms with Crippen LogP contribution < -0.4 is 5.32 Å². The number of aromatic nitrogens is 2. The molecule has 0 radical (unpaired) electrons. The van der Waals surface area contributed by atoms with Gasteiger partial charge in [-0.3, -0.25) is 9.69 Å². The quantitative estimate of drug-likeness (QED) is 0.889. The van der Waals surface area contributed by atoms with Gasteiger partial charge < -0.3 is 5.32 Å². The Bertz CT molecular complexity index is 695. The highest BCUT2D eigenvalue weighted by Crippen LogP contribution is 2.26. The molecule has 1 fully saturated rings. The number of amides is 1. The fraction of sp³-hybridized carbons (Fsp3) is 0.412. The Hall–Kier alpha value is -2.21. The first-order chi connectivity index (χ1) is 11.0. The minimum Gasteiger partial charge on any atom is -0.349 e. The number of benzene rings is 1. The van der Waals surface area contributed by atoms with E-state index in [4.69, 9.17) is 0 Å². The minimum absolute atomic E-state index is 0.212. The van der Waals surface area contributed by atoms with Crippen molar-refractivity contribution in [3.05, 3.63) is 48.0 Å². The van der Waals surface area contributed by atoms with Crippen LogP contribution in [-0.4, -0.2) is 46.3 Å². The van der Waals surface area contributed by atoms with Crippen LogP contribution in [0.1, 0.15) is 30.3 Å². The number of nitrogens with zero attached hydrogens (tertiary/aromatic N) is 3. The molecule has 1 aromatic heterocycles. The van der Waals surface area contributed by atoms with Crippen molar-refractivity contribution in [3.63, 3.8) is 0 Å². The Morgan fingerprint density at radius 2 is 2.26 bits per heavy atom. The molecule has 1 heterocycles. The zero-order chi connectivity index (χ0) is 16.4. The summed E-state index contributed by atoms with van der Waals surface area (Å²) in [5, 5.41) is 7.12. The van der Waals surface area contributed by atoms with Gasteiger partial charge in [0.25, 0.3) is 5.91 Å². The number of hydrogen-bond acceptors (Lipinski definition) is 3. The van der Waals surface area contributed by atoms with Crippen molar-refractivity contribution in [1.82, 2.24) is 20.0 Å². The smallest absolute Gasteiger partial charge is 0.271 e. The number of carbonyl (C=O) groups is 1. The summed E-state index contributed by atoms with van der Waals surface area (Å²) < 4.78 is 14.7. The molecule has 1 amide bonds. The van der Waals surface area contributed by atoms with E-state index in [-0.39, 0.29) is 17.8 Å². The van der Waals surface area contributed by atoms with Crippen molar-refractivity contribution in [2.45, 2.75) is 31.8 Å². The van der Waals surface area contributed by atoms with Crippen LogP contribution in [0.15, 0.2) is 36.5 Å². The lowest BCUT2D eigenvalue weighted by molar-refractivity contribution is 0.0934. The standard InChI is InChI=1S/C17H21FN4O/c1-12(21(2)14-6-7-14)11-19-17(23)16-8-9-22(20-16)15-5-3-4-13(18)10-15/h3-5,8-10,12,14H,6-7,11H2,1-2H3,(H,19,23). The van der Waals surface area contributed by atoms with Crippen molar-refractivity contribution < 1.29 is 9.18 Å². The van der Waals surface area contributed by atoms with Gasteiger partial charge in [-0.15, -0.1) is 0 Å². The molecule has 23 heavy (non-hydrogen) atoms. The molecule has 3 rings (SSSR count). The Balaban J connectivity index is 1.60. The highest BCUT2D eigenvalue weighted by atomic mass is 19.1. The molecule has 1 N–H and O–H groups in total. The third kappa shape index (κ3) is 3.76. The number of carbonyl (C=O) groups excluding carboxylic acids is 1. The second-order valence-electron chi connectivity index (χ2n) is 6.08. The lowest BCUT2D eigenvalue weighted by atomic mass is 10.3. The Morgan fingerprint density at radius 1 is 1.48 bits per heavy atom. The maximum absolute atomic E-state index is 13.2. The molecular formula is C17H21FN4O. The van der Waals surface area contributed by atoms with E-state index < -0.39 is 0 Å². The van der Waals surface area contributed by atoms with Gasteiger partial charge in [-0.2, -0.15) is 5.10 Å². The molecule has 0 spiro atoms. The zero-order valence-electron chi connectivity index (χ0n) is 13.4. The molecule has 1 atom stereocenters. The predicted molar refractivity (Wildman–Crippen MR) is 86.1 cm³/mol. The number of hydrogen-bond donors (Lipinski definition) is 1. The Kier molecular flexibility index (Phi) is 4.43. The third-order valence-electron chi connectivity index (χ3n) is 4.27. The van der Waals surface area contributed by atoms with Gasteiger partial charge in [0.05, 0.1) is 5.69 Å². The van der Waals surface area contributed by atoms with Gasteiger partial charge in [0, 0.05) is 24.8 Å². The van der Waals surface area contributed by atoms with Gasteiger partial charge in [0.15, 0.2) is 5.69 Å². The van der Waals surface area contributed by atoms with Crippen molar-refractivity contribution in [1.29, 1.82) is 0 Å². The van der Waals surface area contributed by atoms with E-state index in [9.17, 15) is 9.18 Å². The summed E-state index contributed by atoms with van der Waals surface area (Å²) in [6.45, 7) is 2.68. The van der Waals surface area contributed by atoms with Crippen molar-refractivity contribution in [2.24, 2.45) is 0 Å².